The maximum Gasteiger partial charge on any atom is 0.131 e. The van der Waals surface area contributed by atoms with Crippen LogP contribution < -0.4 is 5.32 Å². The lowest BCUT2D eigenvalue weighted by molar-refractivity contribution is 0.537. The largest absolute Gasteiger partial charge is 0.306 e. The summed E-state index contributed by atoms with van der Waals surface area (Å²) in [7, 11) is 0. The third-order valence-electron chi connectivity index (χ3n) is 3.72. The molecule has 0 spiro atoms. The van der Waals surface area contributed by atoms with Crippen LogP contribution in [0.2, 0.25) is 0 Å². The molecule has 0 amide bonds. The Morgan fingerprint density at radius 3 is 2.24 bits per heavy atom. The van der Waals surface area contributed by atoms with Gasteiger partial charge in [-0.1, -0.05) is 38.1 Å². The van der Waals surface area contributed by atoms with Crippen molar-refractivity contribution in [2.45, 2.75) is 33.2 Å². The lowest BCUT2D eigenvalue weighted by Crippen LogP contribution is -2.23. The van der Waals surface area contributed by atoms with Gasteiger partial charge in [0.1, 0.15) is 11.6 Å². The summed E-state index contributed by atoms with van der Waals surface area (Å²) in [6.45, 7) is 6.43. The fourth-order valence-corrected chi connectivity index (χ4v) is 2.46. The minimum absolute atomic E-state index is 0.264. The predicted octanol–water partition coefficient (Wildman–Crippen LogP) is 4.53. The average molecular weight is 289 g/mol. The van der Waals surface area contributed by atoms with Gasteiger partial charge in [0.2, 0.25) is 0 Å². The van der Waals surface area contributed by atoms with Gasteiger partial charge in [0.15, 0.2) is 0 Å². The fourth-order valence-electron chi connectivity index (χ4n) is 2.46. The van der Waals surface area contributed by atoms with Crippen LogP contribution >= 0.6 is 0 Å². The molecule has 3 heteroatoms. The molecule has 2 rings (SSSR count). The van der Waals surface area contributed by atoms with E-state index in [-0.39, 0.29) is 6.04 Å². The van der Waals surface area contributed by atoms with Crippen LogP contribution in [-0.2, 0) is 6.42 Å². The number of hydrogen-bond acceptors (Lipinski definition) is 1. The van der Waals surface area contributed by atoms with E-state index in [0.717, 1.165) is 18.1 Å². The van der Waals surface area contributed by atoms with Crippen molar-refractivity contribution in [3.8, 4) is 0 Å². The Balaban J connectivity index is 2.44. The molecule has 0 radical (unpaired) electrons. The van der Waals surface area contributed by atoms with E-state index < -0.39 is 11.6 Å². The molecule has 21 heavy (non-hydrogen) atoms. The second-order valence-corrected chi connectivity index (χ2v) is 5.21. The zero-order chi connectivity index (χ0) is 15.4. The van der Waals surface area contributed by atoms with Crippen molar-refractivity contribution < 1.29 is 8.78 Å². The van der Waals surface area contributed by atoms with Gasteiger partial charge < -0.3 is 5.32 Å². The molecular weight excluding hydrogens is 268 g/mol. The highest BCUT2D eigenvalue weighted by atomic mass is 19.1. The monoisotopic (exact) mass is 289 g/mol. The summed E-state index contributed by atoms with van der Waals surface area (Å²) in [5.74, 6) is -1.02. The van der Waals surface area contributed by atoms with Gasteiger partial charge in [0, 0.05) is 11.6 Å². The normalized spacial score (nSPS) is 12.4. The molecule has 1 atom stereocenters. The zero-order valence-electron chi connectivity index (χ0n) is 12.7. The van der Waals surface area contributed by atoms with Crippen molar-refractivity contribution in [1.82, 2.24) is 5.32 Å². The molecule has 0 heterocycles. The quantitative estimate of drug-likeness (QED) is 0.852. The molecule has 0 saturated heterocycles. The van der Waals surface area contributed by atoms with Crippen LogP contribution in [0.3, 0.4) is 0 Å². The molecule has 0 aromatic heterocycles. The van der Waals surface area contributed by atoms with Gasteiger partial charge in [0.05, 0.1) is 6.04 Å². The van der Waals surface area contributed by atoms with Crippen LogP contribution in [0.5, 0.6) is 0 Å². The summed E-state index contributed by atoms with van der Waals surface area (Å²) < 4.78 is 27.6. The molecule has 1 nitrogen and oxygen atoms in total. The number of hydrogen-bond donors (Lipinski definition) is 1. The number of rotatable bonds is 5. The van der Waals surface area contributed by atoms with Crippen LogP contribution in [0.25, 0.3) is 0 Å². The minimum atomic E-state index is -0.511. The highest BCUT2D eigenvalue weighted by Gasteiger charge is 2.18. The SMILES string of the molecule is CCNC(c1ccc(CC)cc1)c1cc(C)c(F)cc1F. The fraction of sp³-hybridized carbons (Fsp3) is 0.333. The lowest BCUT2D eigenvalue weighted by Gasteiger charge is -2.20. The second kappa shape index (κ2) is 6.81. The predicted molar refractivity (Wildman–Crippen MR) is 82.4 cm³/mol. The first-order chi connectivity index (χ1) is 10.1. The smallest absolute Gasteiger partial charge is 0.131 e. The molecule has 2 aromatic carbocycles. The minimum Gasteiger partial charge on any atom is -0.306 e. The van der Waals surface area contributed by atoms with Crippen molar-refractivity contribution in [2.24, 2.45) is 0 Å². The van der Waals surface area contributed by atoms with Gasteiger partial charge in [-0.25, -0.2) is 8.78 Å². The molecule has 0 aliphatic carbocycles. The molecule has 0 fully saturated rings. The van der Waals surface area contributed by atoms with Gasteiger partial charge >= 0.3 is 0 Å². The Hall–Kier alpha value is -1.74. The van der Waals surface area contributed by atoms with Gasteiger partial charge in [-0.05, 0) is 42.6 Å². The zero-order valence-corrected chi connectivity index (χ0v) is 12.7. The highest BCUT2D eigenvalue weighted by molar-refractivity contribution is 5.36. The summed E-state index contributed by atoms with van der Waals surface area (Å²) >= 11 is 0. The Morgan fingerprint density at radius 2 is 1.67 bits per heavy atom. The Labute approximate surface area is 125 Å². The van der Waals surface area contributed by atoms with E-state index in [1.165, 1.54) is 5.56 Å². The standard InChI is InChI=1S/C18H21F2N/c1-4-13-6-8-14(9-7-13)18(21-5-2)15-10-12(3)16(19)11-17(15)20/h6-11,18,21H,4-5H2,1-3H3. The molecule has 1 unspecified atom stereocenters. The van der Waals surface area contributed by atoms with Gasteiger partial charge in [-0.15, -0.1) is 0 Å². The van der Waals surface area contributed by atoms with Crippen molar-refractivity contribution in [3.63, 3.8) is 0 Å². The number of benzene rings is 2. The molecular formula is C18H21F2N. The van der Waals surface area contributed by atoms with E-state index in [0.29, 0.717) is 17.7 Å². The molecule has 1 N–H and O–H groups in total. The van der Waals surface area contributed by atoms with E-state index in [2.05, 4.69) is 12.2 Å². The van der Waals surface area contributed by atoms with E-state index in [1.54, 1.807) is 13.0 Å². The van der Waals surface area contributed by atoms with Gasteiger partial charge in [-0.3, -0.25) is 0 Å². The van der Waals surface area contributed by atoms with Crippen molar-refractivity contribution >= 4 is 0 Å². The Kier molecular flexibility index (Phi) is 5.07. The molecule has 0 aliphatic rings. The number of halogens is 2. The summed E-state index contributed by atoms with van der Waals surface area (Å²) in [5.41, 5.74) is 3.17. The van der Waals surface area contributed by atoms with Crippen LogP contribution in [0.15, 0.2) is 36.4 Å². The molecule has 0 bridgehead atoms. The van der Waals surface area contributed by atoms with Crippen molar-refractivity contribution in [2.75, 3.05) is 6.54 Å². The van der Waals surface area contributed by atoms with E-state index >= 15 is 0 Å². The van der Waals surface area contributed by atoms with Gasteiger partial charge in [-0.2, -0.15) is 0 Å². The Bertz CT molecular complexity index is 605. The van der Waals surface area contributed by atoms with Crippen LogP contribution in [-0.4, -0.2) is 6.54 Å². The molecule has 0 aliphatic heterocycles. The first kappa shape index (κ1) is 15.6. The molecule has 2 aromatic rings. The highest BCUT2D eigenvalue weighted by Crippen LogP contribution is 2.27. The summed E-state index contributed by atoms with van der Waals surface area (Å²) in [6.07, 6.45) is 0.968. The first-order valence-electron chi connectivity index (χ1n) is 7.34. The van der Waals surface area contributed by atoms with Crippen LogP contribution in [0.4, 0.5) is 8.78 Å². The Morgan fingerprint density at radius 1 is 1.00 bits per heavy atom. The summed E-state index contributed by atoms with van der Waals surface area (Å²) in [6, 6.07) is 10.4. The average Bonchev–Trinajstić information content (AvgIpc) is 2.49. The maximum absolute atomic E-state index is 14.2. The lowest BCUT2D eigenvalue weighted by atomic mass is 9.95. The number of aryl methyl sites for hydroxylation is 2. The van der Waals surface area contributed by atoms with Crippen LogP contribution in [0, 0.1) is 18.6 Å². The van der Waals surface area contributed by atoms with Crippen LogP contribution in [0.1, 0.15) is 42.1 Å². The van der Waals surface area contributed by atoms with E-state index in [4.69, 9.17) is 0 Å². The van der Waals surface area contributed by atoms with E-state index in [9.17, 15) is 8.78 Å². The topological polar surface area (TPSA) is 12.0 Å². The third-order valence-corrected chi connectivity index (χ3v) is 3.72. The molecule has 112 valence electrons. The first-order valence-corrected chi connectivity index (χ1v) is 7.34. The van der Waals surface area contributed by atoms with Gasteiger partial charge in [0.25, 0.3) is 0 Å². The second-order valence-electron chi connectivity index (χ2n) is 5.21. The van der Waals surface area contributed by atoms with Crippen molar-refractivity contribution in [3.05, 3.63) is 70.3 Å². The number of nitrogens with one attached hydrogen (secondary N) is 1. The molecule has 0 saturated carbocycles. The summed E-state index contributed by atoms with van der Waals surface area (Å²) in [4.78, 5) is 0. The van der Waals surface area contributed by atoms with Crippen molar-refractivity contribution in [1.29, 1.82) is 0 Å². The summed E-state index contributed by atoms with van der Waals surface area (Å²) in [5, 5.41) is 3.28. The maximum atomic E-state index is 14.2. The van der Waals surface area contributed by atoms with E-state index in [1.807, 2.05) is 31.2 Å². The third kappa shape index (κ3) is 3.48.